The van der Waals surface area contributed by atoms with Gasteiger partial charge >= 0.3 is 6.03 Å². The second kappa shape index (κ2) is 7.69. The Morgan fingerprint density at radius 2 is 1.92 bits per heavy atom. The zero-order chi connectivity index (χ0) is 18.7. The molecule has 1 atom stereocenters. The van der Waals surface area contributed by atoms with Crippen LogP contribution in [0.4, 0.5) is 16.2 Å². The van der Waals surface area contributed by atoms with Crippen molar-refractivity contribution < 1.29 is 14.5 Å². The van der Waals surface area contributed by atoms with E-state index in [1.165, 1.54) is 6.07 Å². The summed E-state index contributed by atoms with van der Waals surface area (Å²) in [7, 11) is 0. The maximum Gasteiger partial charge on any atom is 0.321 e. The lowest BCUT2D eigenvalue weighted by atomic mass is 10.2. The number of rotatable bonds is 5. The molecule has 1 heterocycles. The fourth-order valence-corrected chi connectivity index (χ4v) is 3.00. The van der Waals surface area contributed by atoms with Crippen molar-refractivity contribution in [1.29, 1.82) is 0 Å². The quantitative estimate of drug-likeness (QED) is 0.600. The lowest BCUT2D eigenvalue weighted by Gasteiger charge is -2.38. The molecule has 1 aromatic carbocycles. The van der Waals surface area contributed by atoms with Gasteiger partial charge in [0.05, 0.1) is 11.0 Å². The second-order valence-corrected chi connectivity index (χ2v) is 6.71. The van der Waals surface area contributed by atoms with Crippen LogP contribution in [-0.4, -0.2) is 60.0 Å². The van der Waals surface area contributed by atoms with Crippen molar-refractivity contribution >= 4 is 23.3 Å². The van der Waals surface area contributed by atoms with Crippen LogP contribution in [0.15, 0.2) is 24.3 Å². The van der Waals surface area contributed by atoms with Crippen molar-refractivity contribution in [2.24, 2.45) is 0 Å². The summed E-state index contributed by atoms with van der Waals surface area (Å²) >= 11 is 0. The van der Waals surface area contributed by atoms with Crippen LogP contribution in [-0.2, 0) is 4.79 Å². The van der Waals surface area contributed by atoms with Gasteiger partial charge in [0.1, 0.15) is 0 Å². The Morgan fingerprint density at radius 3 is 2.54 bits per heavy atom. The van der Waals surface area contributed by atoms with E-state index in [0.717, 1.165) is 18.5 Å². The van der Waals surface area contributed by atoms with Gasteiger partial charge in [-0.25, -0.2) is 4.79 Å². The van der Waals surface area contributed by atoms with E-state index in [1.807, 2.05) is 11.0 Å². The second-order valence-electron chi connectivity index (χ2n) is 6.71. The zero-order valence-electron chi connectivity index (χ0n) is 14.7. The minimum atomic E-state index is -0.431. The van der Waals surface area contributed by atoms with Crippen LogP contribution >= 0.6 is 0 Å². The molecule has 1 saturated carbocycles. The van der Waals surface area contributed by atoms with E-state index in [2.05, 4.69) is 15.5 Å². The molecular weight excluding hydrogens is 338 g/mol. The number of amides is 3. The number of nitro benzene ring substituents is 1. The molecule has 0 bridgehead atoms. The van der Waals surface area contributed by atoms with Crippen molar-refractivity contribution in [1.82, 2.24) is 15.5 Å². The predicted octanol–water partition coefficient (Wildman–Crippen LogP) is 1.09. The number of piperazine rings is 1. The van der Waals surface area contributed by atoms with Gasteiger partial charge in [0.2, 0.25) is 5.91 Å². The van der Waals surface area contributed by atoms with E-state index < -0.39 is 17.0 Å². The van der Waals surface area contributed by atoms with Crippen molar-refractivity contribution in [3.8, 4) is 0 Å². The van der Waals surface area contributed by atoms with Gasteiger partial charge in [-0.2, -0.15) is 0 Å². The van der Waals surface area contributed by atoms with Crippen molar-refractivity contribution in [2.75, 3.05) is 31.1 Å². The van der Waals surface area contributed by atoms with E-state index in [1.54, 1.807) is 19.1 Å². The summed E-state index contributed by atoms with van der Waals surface area (Å²) < 4.78 is 0. The summed E-state index contributed by atoms with van der Waals surface area (Å²) in [4.78, 5) is 38.5. The van der Waals surface area contributed by atoms with Gasteiger partial charge in [-0.1, -0.05) is 6.07 Å². The van der Waals surface area contributed by atoms with Gasteiger partial charge in [0.25, 0.3) is 5.69 Å². The third-order valence-electron chi connectivity index (χ3n) is 4.80. The molecule has 2 N–H and O–H groups in total. The van der Waals surface area contributed by atoms with Crippen molar-refractivity contribution in [3.63, 3.8) is 0 Å². The molecular formula is C17H23N5O4. The molecule has 3 rings (SSSR count). The van der Waals surface area contributed by atoms with Gasteiger partial charge < -0.3 is 10.2 Å². The molecule has 140 valence electrons. The SMILES string of the molecule is CC(C(=O)NC(=O)NC1CC1)N1CCN(c2cccc([N+](=O)[O-])c2)CC1. The number of benzene rings is 1. The van der Waals surface area contributed by atoms with Crippen molar-refractivity contribution in [2.45, 2.75) is 31.8 Å². The largest absolute Gasteiger partial charge is 0.369 e. The third-order valence-corrected chi connectivity index (χ3v) is 4.80. The Balaban J connectivity index is 1.50. The van der Waals surface area contributed by atoms with E-state index >= 15 is 0 Å². The summed E-state index contributed by atoms with van der Waals surface area (Å²) in [5, 5.41) is 16.0. The fourth-order valence-electron chi connectivity index (χ4n) is 3.00. The highest BCUT2D eigenvalue weighted by Crippen LogP contribution is 2.22. The minimum Gasteiger partial charge on any atom is -0.369 e. The lowest BCUT2D eigenvalue weighted by molar-refractivity contribution is -0.384. The number of nitrogens with one attached hydrogen (secondary N) is 2. The average molecular weight is 361 g/mol. The fraction of sp³-hybridized carbons (Fsp3) is 0.529. The first-order valence-electron chi connectivity index (χ1n) is 8.79. The van der Waals surface area contributed by atoms with E-state index in [4.69, 9.17) is 0 Å². The highest BCUT2D eigenvalue weighted by atomic mass is 16.6. The molecule has 9 nitrogen and oxygen atoms in total. The predicted molar refractivity (Wildman–Crippen MR) is 96.0 cm³/mol. The molecule has 1 aliphatic carbocycles. The summed E-state index contributed by atoms with van der Waals surface area (Å²) in [6, 6.07) is 5.92. The number of nitrogens with zero attached hydrogens (tertiary/aromatic N) is 3. The number of carbonyl (C=O) groups excluding carboxylic acids is 2. The molecule has 1 unspecified atom stereocenters. The number of imide groups is 1. The topological polar surface area (TPSA) is 108 Å². The minimum absolute atomic E-state index is 0.0688. The van der Waals surface area contributed by atoms with Crippen LogP contribution in [0.1, 0.15) is 19.8 Å². The molecule has 26 heavy (non-hydrogen) atoms. The van der Waals surface area contributed by atoms with E-state index in [-0.39, 0.29) is 17.6 Å². The first kappa shape index (κ1) is 18.1. The zero-order valence-corrected chi connectivity index (χ0v) is 14.7. The highest BCUT2D eigenvalue weighted by molar-refractivity contribution is 5.97. The molecule has 2 aliphatic rings. The molecule has 0 spiro atoms. The third kappa shape index (κ3) is 4.48. The van der Waals surface area contributed by atoms with Crippen LogP contribution < -0.4 is 15.5 Å². The van der Waals surface area contributed by atoms with Crippen LogP contribution in [0.25, 0.3) is 0 Å². The number of non-ortho nitro benzene ring substituents is 1. The Labute approximate surface area is 151 Å². The molecule has 1 saturated heterocycles. The highest BCUT2D eigenvalue weighted by Gasteiger charge is 2.29. The average Bonchev–Trinajstić information content (AvgIpc) is 3.45. The molecule has 1 aromatic rings. The van der Waals surface area contributed by atoms with Gasteiger partial charge in [0.15, 0.2) is 0 Å². The molecule has 0 aromatic heterocycles. The monoisotopic (exact) mass is 361 g/mol. The van der Waals surface area contributed by atoms with Crippen LogP contribution in [0.3, 0.4) is 0 Å². The van der Waals surface area contributed by atoms with E-state index in [9.17, 15) is 19.7 Å². The molecule has 3 amide bonds. The summed E-state index contributed by atoms with van der Waals surface area (Å²) in [5.74, 6) is -0.313. The molecule has 2 fully saturated rings. The standard InChI is InChI=1S/C17H23N5O4/c1-12(16(23)19-17(24)18-13-5-6-13)20-7-9-21(10-8-20)14-3-2-4-15(11-14)22(25)26/h2-4,11-13H,5-10H2,1H3,(H2,18,19,23,24). The van der Waals surface area contributed by atoms with Gasteiger partial charge in [-0.3, -0.25) is 25.1 Å². The molecule has 0 radical (unpaired) electrons. The summed E-state index contributed by atoms with van der Waals surface area (Å²) in [6.45, 7) is 4.38. The number of hydrogen-bond acceptors (Lipinski definition) is 6. The number of hydrogen-bond donors (Lipinski definition) is 2. The molecule has 1 aliphatic heterocycles. The van der Waals surface area contributed by atoms with E-state index in [0.29, 0.717) is 26.2 Å². The Bertz CT molecular complexity index is 698. The lowest BCUT2D eigenvalue weighted by Crippen LogP contribution is -2.55. The Kier molecular flexibility index (Phi) is 5.36. The molecule has 9 heteroatoms. The number of urea groups is 1. The number of nitro groups is 1. The van der Waals surface area contributed by atoms with Gasteiger partial charge in [0, 0.05) is 50.0 Å². The van der Waals surface area contributed by atoms with Crippen LogP contribution in [0.2, 0.25) is 0 Å². The Morgan fingerprint density at radius 1 is 1.23 bits per heavy atom. The summed E-state index contributed by atoms with van der Waals surface area (Å²) in [5.41, 5.74) is 0.874. The normalized spacial score (nSPS) is 18.9. The van der Waals surface area contributed by atoms with Crippen molar-refractivity contribution in [3.05, 3.63) is 34.4 Å². The smallest absolute Gasteiger partial charge is 0.321 e. The Hall–Kier alpha value is -2.68. The number of carbonyl (C=O) groups is 2. The van der Waals surface area contributed by atoms with Gasteiger partial charge in [-0.15, -0.1) is 0 Å². The first-order valence-corrected chi connectivity index (χ1v) is 8.79. The van der Waals surface area contributed by atoms with Gasteiger partial charge in [-0.05, 0) is 25.8 Å². The maximum atomic E-state index is 12.2. The summed E-state index contributed by atoms with van der Waals surface area (Å²) in [6.07, 6.45) is 1.94. The van der Waals surface area contributed by atoms with Crippen LogP contribution in [0, 0.1) is 10.1 Å². The number of anilines is 1. The van der Waals surface area contributed by atoms with Crippen LogP contribution in [0.5, 0.6) is 0 Å². The first-order chi connectivity index (χ1) is 12.4. The maximum absolute atomic E-state index is 12.2.